The van der Waals surface area contributed by atoms with Crippen molar-refractivity contribution in [1.82, 2.24) is 4.98 Å². The third-order valence-electron chi connectivity index (χ3n) is 3.65. The largest absolute Gasteiger partial charge is 0.487 e. The Kier molecular flexibility index (Phi) is 6.32. The fourth-order valence-electron chi connectivity index (χ4n) is 2.42. The number of halogens is 3. The van der Waals surface area contributed by atoms with E-state index in [-0.39, 0.29) is 19.0 Å². The second-order valence-electron chi connectivity index (χ2n) is 5.37. The molecule has 0 aliphatic rings. The summed E-state index contributed by atoms with van der Waals surface area (Å²) < 4.78 is 25.0. The van der Waals surface area contributed by atoms with Crippen LogP contribution in [0.1, 0.15) is 5.69 Å². The first-order valence-corrected chi connectivity index (χ1v) is 8.68. The quantitative estimate of drug-likeness (QED) is 0.303. The van der Waals surface area contributed by atoms with Gasteiger partial charge in [-0.1, -0.05) is 40.5 Å². The smallest absolute Gasteiger partial charge is 0.255 e. The number of aromatic nitrogens is 1. The lowest BCUT2D eigenvalue weighted by atomic mass is 10.1. The molecule has 5 nitrogen and oxygen atoms in total. The molecule has 0 N–H and O–H groups in total. The van der Waals surface area contributed by atoms with Gasteiger partial charge in [0.2, 0.25) is 0 Å². The average Bonchev–Trinajstić information content (AvgIpc) is 2.68. The summed E-state index contributed by atoms with van der Waals surface area (Å²) >= 11 is 12.3. The minimum atomic E-state index is -0.727. The molecule has 0 aliphatic carbocycles. The van der Waals surface area contributed by atoms with Crippen LogP contribution in [-0.4, -0.2) is 24.9 Å². The summed E-state index contributed by atoms with van der Waals surface area (Å²) in [5.74, 6) is -0.105. The van der Waals surface area contributed by atoms with Gasteiger partial charge >= 0.3 is 0 Å². The van der Waals surface area contributed by atoms with Crippen LogP contribution in [0.15, 0.2) is 47.6 Å². The van der Waals surface area contributed by atoms with Crippen LogP contribution in [0.5, 0.6) is 11.5 Å². The van der Waals surface area contributed by atoms with Gasteiger partial charge in [-0.15, -0.1) is 0 Å². The van der Waals surface area contributed by atoms with E-state index >= 15 is 0 Å². The van der Waals surface area contributed by atoms with Crippen LogP contribution < -0.4 is 9.47 Å². The first kappa shape index (κ1) is 19.2. The Balaban J connectivity index is 1.72. The molecule has 3 aromatic rings. The van der Waals surface area contributed by atoms with Crippen molar-refractivity contribution in [3.05, 3.63) is 64.2 Å². The Labute approximate surface area is 165 Å². The zero-order chi connectivity index (χ0) is 19.2. The van der Waals surface area contributed by atoms with Crippen LogP contribution in [0.2, 0.25) is 10.0 Å². The molecular weight excluding hydrogens is 394 g/mol. The van der Waals surface area contributed by atoms with E-state index in [2.05, 4.69) is 15.0 Å². The average molecular weight is 409 g/mol. The van der Waals surface area contributed by atoms with Crippen molar-refractivity contribution >= 4 is 40.2 Å². The maximum Gasteiger partial charge on any atom is 0.255 e. The number of hydrogen-bond acceptors (Lipinski definition) is 5. The van der Waals surface area contributed by atoms with Crippen LogP contribution in [-0.2, 0) is 11.4 Å². The Morgan fingerprint density at radius 2 is 1.89 bits per heavy atom. The fraction of sp³-hybridized carbons (Fsp3) is 0.158. The van der Waals surface area contributed by atoms with E-state index < -0.39 is 5.95 Å². The molecular formula is C19H15Cl2FN2O3. The summed E-state index contributed by atoms with van der Waals surface area (Å²) in [6.45, 7) is 0.156. The Morgan fingerprint density at radius 1 is 1.04 bits per heavy atom. The van der Waals surface area contributed by atoms with Crippen molar-refractivity contribution in [2.45, 2.75) is 6.61 Å². The molecule has 2 aromatic carbocycles. The lowest BCUT2D eigenvalue weighted by Crippen LogP contribution is -2.05. The molecule has 3 rings (SSSR count). The van der Waals surface area contributed by atoms with Crippen molar-refractivity contribution in [3.8, 4) is 11.5 Å². The lowest BCUT2D eigenvalue weighted by molar-refractivity contribution is 0.212. The zero-order valence-corrected chi connectivity index (χ0v) is 15.8. The summed E-state index contributed by atoms with van der Waals surface area (Å²) in [6, 6.07) is 12.1. The van der Waals surface area contributed by atoms with Gasteiger partial charge in [0, 0.05) is 10.8 Å². The van der Waals surface area contributed by atoms with Crippen molar-refractivity contribution in [2.24, 2.45) is 5.16 Å². The van der Waals surface area contributed by atoms with E-state index in [9.17, 15) is 4.39 Å². The lowest BCUT2D eigenvalue weighted by Gasteiger charge is -2.11. The van der Waals surface area contributed by atoms with Crippen molar-refractivity contribution in [1.29, 1.82) is 0 Å². The van der Waals surface area contributed by atoms with Gasteiger partial charge in [0.1, 0.15) is 26.1 Å². The van der Waals surface area contributed by atoms with Gasteiger partial charge in [-0.3, -0.25) is 0 Å². The van der Waals surface area contributed by atoms with E-state index in [0.717, 1.165) is 10.8 Å². The molecule has 0 radical (unpaired) electrons. The summed E-state index contributed by atoms with van der Waals surface area (Å²) in [5, 5.41) is 6.02. The first-order valence-electron chi connectivity index (χ1n) is 7.93. The summed E-state index contributed by atoms with van der Waals surface area (Å²) in [5.41, 5.74) is 0.419. The Bertz CT molecular complexity index is 983. The zero-order valence-electron chi connectivity index (χ0n) is 14.3. The molecule has 0 fully saturated rings. The summed E-state index contributed by atoms with van der Waals surface area (Å²) in [7, 11) is 1.41. The van der Waals surface area contributed by atoms with Gasteiger partial charge in [-0.2, -0.15) is 4.39 Å². The van der Waals surface area contributed by atoms with Gasteiger partial charge in [0.05, 0.1) is 22.0 Å². The molecule has 27 heavy (non-hydrogen) atoms. The SMILES string of the molecule is CON=CCOc1ccc(COc2cccc3c(Cl)c(Cl)ccc23)nc1F. The van der Waals surface area contributed by atoms with Crippen LogP contribution in [0.25, 0.3) is 10.8 Å². The van der Waals surface area contributed by atoms with E-state index in [1.165, 1.54) is 19.4 Å². The third kappa shape index (κ3) is 4.59. The Hall–Kier alpha value is -2.57. The highest BCUT2D eigenvalue weighted by Gasteiger charge is 2.10. The summed E-state index contributed by atoms with van der Waals surface area (Å²) in [4.78, 5) is 8.35. The normalized spacial score (nSPS) is 11.1. The first-order chi connectivity index (χ1) is 13.1. The van der Waals surface area contributed by atoms with Gasteiger partial charge in [-0.05, 0) is 30.3 Å². The van der Waals surface area contributed by atoms with Gasteiger partial charge < -0.3 is 14.3 Å². The number of oxime groups is 1. The maximum absolute atomic E-state index is 14.0. The predicted octanol–water partition coefficient (Wildman–Crippen LogP) is 5.27. The molecule has 1 aromatic heterocycles. The molecule has 0 atom stereocenters. The third-order valence-corrected chi connectivity index (χ3v) is 4.47. The van der Waals surface area contributed by atoms with Crippen LogP contribution in [0.4, 0.5) is 4.39 Å². The van der Waals surface area contributed by atoms with E-state index in [1.807, 2.05) is 18.2 Å². The number of fused-ring (bicyclic) bond motifs is 1. The predicted molar refractivity (Wildman–Crippen MR) is 103 cm³/mol. The number of hydrogen-bond donors (Lipinski definition) is 0. The monoisotopic (exact) mass is 408 g/mol. The molecule has 1 heterocycles. The number of rotatable bonds is 7. The Morgan fingerprint density at radius 3 is 2.67 bits per heavy atom. The molecule has 0 aliphatic heterocycles. The minimum Gasteiger partial charge on any atom is -0.487 e. The highest BCUT2D eigenvalue weighted by Crippen LogP contribution is 2.35. The topological polar surface area (TPSA) is 52.9 Å². The van der Waals surface area contributed by atoms with Crippen molar-refractivity contribution in [2.75, 3.05) is 13.7 Å². The molecule has 0 saturated carbocycles. The maximum atomic E-state index is 14.0. The second kappa shape index (κ2) is 8.88. The number of ether oxygens (including phenoxy) is 2. The highest BCUT2D eigenvalue weighted by atomic mass is 35.5. The van der Waals surface area contributed by atoms with Crippen molar-refractivity contribution < 1.29 is 18.7 Å². The number of pyridine rings is 1. The van der Waals surface area contributed by atoms with Crippen LogP contribution in [0.3, 0.4) is 0 Å². The number of benzene rings is 2. The molecule has 140 valence electrons. The second-order valence-corrected chi connectivity index (χ2v) is 6.16. The van der Waals surface area contributed by atoms with Crippen molar-refractivity contribution in [3.63, 3.8) is 0 Å². The minimum absolute atomic E-state index is 0.0212. The van der Waals surface area contributed by atoms with Gasteiger partial charge in [0.25, 0.3) is 5.95 Å². The molecule has 0 unspecified atom stereocenters. The number of nitrogens with zero attached hydrogens (tertiary/aromatic N) is 2. The van der Waals surface area contributed by atoms with Crippen LogP contribution in [0, 0.1) is 5.95 Å². The molecule has 0 spiro atoms. The van der Waals surface area contributed by atoms with Crippen LogP contribution >= 0.6 is 23.2 Å². The molecule has 8 heteroatoms. The summed E-state index contributed by atoms with van der Waals surface area (Å²) in [6.07, 6.45) is 1.37. The standard InChI is InChI=1S/C19H15Cl2FN2O3/c1-25-23-9-10-26-17-8-5-12(24-19(17)22)11-27-16-4-2-3-14-13(16)6-7-15(20)18(14)21/h2-9H,10-11H2,1H3. The molecule has 0 bridgehead atoms. The highest BCUT2D eigenvalue weighted by molar-refractivity contribution is 6.45. The molecule has 0 saturated heterocycles. The van der Waals surface area contributed by atoms with Gasteiger partial charge in [0.15, 0.2) is 5.75 Å². The van der Waals surface area contributed by atoms with E-state index in [0.29, 0.717) is 21.5 Å². The van der Waals surface area contributed by atoms with E-state index in [1.54, 1.807) is 18.2 Å². The molecule has 0 amide bonds. The van der Waals surface area contributed by atoms with Gasteiger partial charge in [-0.25, -0.2) is 4.98 Å². The van der Waals surface area contributed by atoms with E-state index in [4.69, 9.17) is 32.7 Å². The fourth-order valence-corrected chi connectivity index (χ4v) is 2.81.